The zero-order chi connectivity index (χ0) is 18.4. The molecule has 0 radical (unpaired) electrons. The predicted molar refractivity (Wildman–Crippen MR) is 104 cm³/mol. The summed E-state index contributed by atoms with van der Waals surface area (Å²) in [6.45, 7) is -0.452. The summed E-state index contributed by atoms with van der Waals surface area (Å²) in [5.74, 6) is -1.04. The molecule has 0 fully saturated rings. The van der Waals surface area contributed by atoms with Crippen LogP contribution in [0.25, 0.3) is 0 Å². The first-order valence-electron chi connectivity index (χ1n) is 6.80. The van der Waals surface area contributed by atoms with Gasteiger partial charge in [0.05, 0.1) is 20.7 Å². The number of ether oxygens (including phenoxy) is 1. The van der Waals surface area contributed by atoms with E-state index in [0.717, 1.165) is 0 Å². The van der Waals surface area contributed by atoms with Crippen molar-refractivity contribution in [1.29, 1.82) is 0 Å². The summed E-state index contributed by atoms with van der Waals surface area (Å²) < 4.78 is 6.97. The lowest BCUT2D eigenvalue weighted by Crippen LogP contribution is -2.18. The number of carbonyl (C=O) groups is 2. The number of amides is 1. The second-order valence-corrected chi connectivity index (χ2v) is 7.24. The van der Waals surface area contributed by atoms with E-state index in [1.165, 1.54) is 6.21 Å². The highest BCUT2D eigenvalue weighted by atomic mass is 79.9. The zero-order valence-electron chi connectivity index (χ0n) is 12.5. The molecule has 0 unspecified atom stereocenters. The molecule has 0 saturated heterocycles. The minimum atomic E-state index is -1.07. The minimum Gasteiger partial charge on any atom is -0.480 e. The van der Waals surface area contributed by atoms with Crippen molar-refractivity contribution in [2.45, 2.75) is 0 Å². The van der Waals surface area contributed by atoms with E-state index < -0.39 is 12.6 Å². The number of halogens is 3. The largest absolute Gasteiger partial charge is 0.480 e. The Kier molecular flexibility index (Phi) is 7.15. The highest BCUT2D eigenvalue weighted by Gasteiger charge is 2.11. The second kappa shape index (κ2) is 9.12. The maximum atomic E-state index is 12.0. The summed E-state index contributed by atoms with van der Waals surface area (Å²) in [7, 11) is 0. The van der Waals surface area contributed by atoms with Crippen molar-refractivity contribution < 1.29 is 19.4 Å². The first-order valence-corrected chi connectivity index (χ1v) is 9.18. The molecule has 130 valence electrons. The number of carboxylic acid groups (broad SMARTS) is 1. The summed E-state index contributed by atoms with van der Waals surface area (Å²) in [6, 6.07) is 10.4. The maximum absolute atomic E-state index is 12.0. The Bertz CT molecular complexity index is 817. The van der Waals surface area contributed by atoms with Crippen molar-refractivity contribution in [3.05, 3.63) is 60.9 Å². The lowest BCUT2D eigenvalue weighted by molar-refractivity contribution is -0.139. The molecule has 0 spiro atoms. The van der Waals surface area contributed by atoms with Crippen LogP contribution in [0.3, 0.4) is 0 Å². The van der Waals surface area contributed by atoms with Crippen molar-refractivity contribution in [3.63, 3.8) is 0 Å². The molecule has 2 aromatic rings. The van der Waals surface area contributed by atoms with E-state index in [9.17, 15) is 9.59 Å². The van der Waals surface area contributed by atoms with E-state index in [1.807, 2.05) is 6.07 Å². The number of hydrazone groups is 1. The summed E-state index contributed by atoms with van der Waals surface area (Å²) in [6.07, 6.45) is 1.46. The average molecular weight is 535 g/mol. The molecule has 2 rings (SSSR count). The van der Waals surface area contributed by atoms with E-state index in [0.29, 0.717) is 30.3 Å². The van der Waals surface area contributed by atoms with Crippen molar-refractivity contribution in [2.24, 2.45) is 5.10 Å². The van der Waals surface area contributed by atoms with Crippen LogP contribution in [0.2, 0.25) is 0 Å². The fraction of sp³-hybridized carbons (Fsp3) is 0.0625. The Labute approximate surface area is 168 Å². The molecule has 0 aliphatic heterocycles. The van der Waals surface area contributed by atoms with Crippen molar-refractivity contribution in [3.8, 4) is 5.75 Å². The molecule has 0 aliphatic carbocycles. The number of hydrogen-bond donors (Lipinski definition) is 2. The molecule has 2 N–H and O–H groups in total. The highest BCUT2D eigenvalue weighted by molar-refractivity contribution is 9.11. The van der Waals surface area contributed by atoms with Crippen LogP contribution in [0.1, 0.15) is 15.9 Å². The summed E-state index contributed by atoms with van der Waals surface area (Å²) in [4.78, 5) is 22.6. The van der Waals surface area contributed by atoms with E-state index in [-0.39, 0.29) is 5.91 Å². The SMILES string of the molecule is O=C(O)COc1c(Br)cc(/C=N\NC(=O)c2ccccc2Br)cc1Br. The molecule has 1 amide bonds. The van der Waals surface area contributed by atoms with Crippen LogP contribution in [0.5, 0.6) is 5.75 Å². The van der Waals surface area contributed by atoms with Crippen LogP contribution < -0.4 is 10.2 Å². The van der Waals surface area contributed by atoms with Gasteiger partial charge in [-0.2, -0.15) is 5.10 Å². The van der Waals surface area contributed by atoms with Crippen molar-refractivity contribution in [1.82, 2.24) is 5.43 Å². The highest BCUT2D eigenvalue weighted by Crippen LogP contribution is 2.34. The quantitative estimate of drug-likeness (QED) is 0.429. The number of hydrogen-bond acceptors (Lipinski definition) is 4. The van der Waals surface area contributed by atoms with Crippen LogP contribution in [-0.2, 0) is 4.79 Å². The lowest BCUT2D eigenvalue weighted by Gasteiger charge is -2.09. The van der Waals surface area contributed by atoms with Gasteiger partial charge in [0.1, 0.15) is 5.75 Å². The van der Waals surface area contributed by atoms with Crippen molar-refractivity contribution in [2.75, 3.05) is 6.61 Å². The van der Waals surface area contributed by atoms with Gasteiger partial charge < -0.3 is 9.84 Å². The molecular weight excluding hydrogens is 524 g/mol. The van der Waals surface area contributed by atoms with E-state index >= 15 is 0 Å². The van der Waals surface area contributed by atoms with Gasteiger partial charge in [0, 0.05) is 4.47 Å². The third-order valence-electron chi connectivity index (χ3n) is 2.86. The Morgan fingerprint density at radius 1 is 1.12 bits per heavy atom. The van der Waals surface area contributed by atoms with Gasteiger partial charge in [-0.05, 0) is 77.6 Å². The fourth-order valence-corrected chi connectivity index (χ4v) is 3.71. The lowest BCUT2D eigenvalue weighted by atomic mass is 10.2. The number of benzene rings is 2. The van der Waals surface area contributed by atoms with Gasteiger partial charge in [-0.3, -0.25) is 4.79 Å². The smallest absolute Gasteiger partial charge is 0.341 e. The first-order chi connectivity index (χ1) is 11.9. The van der Waals surface area contributed by atoms with Gasteiger partial charge in [0.2, 0.25) is 0 Å². The third kappa shape index (κ3) is 5.65. The van der Waals surface area contributed by atoms with Gasteiger partial charge in [-0.25, -0.2) is 10.2 Å². The minimum absolute atomic E-state index is 0.344. The average Bonchev–Trinajstić information content (AvgIpc) is 2.54. The van der Waals surface area contributed by atoms with E-state index in [4.69, 9.17) is 9.84 Å². The maximum Gasteiger partial charge on any atom is 0.341 e. The zero-order valence-corrected chi connectivity index (χ0v) is 17.3. The molecule has 0 bridgehead atoms. The van der Waals surface area contributed by atoms with E-state index in [2.05, 4.69) is 58.3 Å². The fourth-order valence-electron chi connectivity index (χ4n) is 1.80. The molecule has 0 heterocycles. The van der Waals surface area contributed by atoms with Gasteiger partial charge in [0.15, 0.2) is 6.61 Å². The number of nitrogens with zero attached hydrogens (tertiary/aromatic N) is 1. The Morgan fingerprint density at radius 3 is 2.36 bits per heavy atom. The molecule has 25 heavy (non-hydrogen) atoms. The van der Waals surface area contributed by atoms with Gasteiger partial charge in [-0.1, -0.05) is 12.1 Å². The van der Waals surface area contributed by atoms with Crippen LogP contribution in [0, 0.1) is 0 Å². The molecule has 2 aromatic carbocycles. The molecule has 0 saturated carbocycles. The molecule has 9 heteroatoms. The Balaban J connectivity index is 2.07. The monoisotopic (exact) mass is 532 g/mol. The third-order valence-corrected chi connectivity index (χ3v) is 4.73. The summed E-state index contributed by atoms with van der Waals surface area (Å²) >= 11 is 9.93. The summed E-state index contributed by atoms with van der Waals surface area (Å²) in [5, 5.41) is 12.6. The van der Waals surface area contributed by atoms with Gasteiger partial charge >= 0.3 is 5.97 Å². The van der Waals surface area contributed by atoms with Crippen molar-refractivity contribution >= 4 is 65.9 Å². The number of nitrogens with one attached hydrogen (secondary N) is 1. The molecular formula is C16H11Br3N2O4. The number of rotatable bonds is 6. The van der Waals surface area contributed by atoms with E-state index in [1.54, 1.807) is 30.3 Å². The standard InChI is InChI=1S/C16H11Br3N2O4/c17-11-4-2-1-3-10(11)16(24)21-20-7-9-5-12(18)15(13(19)6-9)25-8-14(22)23/h1-7H,8H2,(H,21,24)(H,22,23)/b20-7-. The predicted octanol–water partition coefficient (Wildman–Crippen LogP) is 4.20. The van der Waals surface area contributed by atoms with Crippen LogP contribution in [0.15, 0.2) is 54.9 Å². The number of carboxylic acids is 1. The van der Waals surface area contributed by atoms with Gasteiger partial charge in [-0.15, -0.1) is 0 Å². The van der Waals surface area contributed by atoms with Crippen LogP contribution in [-0.4, -0.2) is 29.8 Å². The normalized spacial score (nSPS) is 10.7. The molecule has 0 aromatic heterocycles. The topological polar surface area (TPSA) is 88.0 Å². The first kappa shape index (κ1) is 19.6. The Morgan fingerprint density at radius 2 is 1.76 bits per heavy atom. The molecule has 0 atom stereocenters. The molecule has 0 aliphatic rings. The number of carbonyl (C=O) groups excluding carboxylic acids is 1. The second-order valence-electron chi connectivity index (χ2n) is 4.68. The Hall–Kier alpha value is -1.71. The number of aliphatic carboxylic acids is 1. The van der Waals surface area contributed by atoms with Gasteiger partial charge in [0.25, 0.3) is 5.91 Å². The molecule has 6 nitrogen and oxygen atoms in total. The summed E-state index contributed by atoms with van der Waals surface area (Å²) in [5.41, 5.74) is 3.59. The van der Waals surface area contributed by atoms with Crippen LogP contribution >= 0.6 is 47.8 Å². The van der Waals surface area contributed by atoms with Crippen LogP contribution in [0.4, 0.5) is 0 Å².